The average molecular weight is 251 g/mol. The molecule has 0 saturated heterocycles. The van der Waals surface area contributed by atoms with Gasteiger partial charge < -0.3 is 5.32 Å². The van der Waals surface area contributed by atoms with Gasteiger partial charge in [0.05, 0.1) is 0 Å². The highest BCUT2D eigenvalue weighted by Crippen LogP contribution is 2.38. The van der Waals surface area contributed by atoms with Crippen LogP contribution >= 0.6 is 0 Å². The molecule has 0 aromatic carbocycles. The predicted molar refractivity (Wildman–Crippen MR) is 79.8 cm³/mol. The van der Waals surface area contributed by atoms with Crippen molar-refractivity contribution in [1.82, 2.24) is 5.32 Å². The third-order valence-electron chi connectivity index (χ3n) is 5.22. The molecule has 2 saturated carbocycles. The zero-order chi connectivity index (χ0) is 12.8. The van der Waals surface area contributed by atoms with Crippen LogP contribution in [0.25, 0.3) is 0 Å². The van der Waals surface area contributed by atoms with Crippen LogP contribution in [0.1, 0.15) is 78.1 Å². The molecule has 0 spiro atoms. The maximum atomic E-state index is 3.70. The van der Waals surface area contributed by atoms with Crippen LogP contribution in [0, 0.1) is 17.8 Å². The van der Waals surface area contributed by atoms with E-state index in [9.17, 15) is 0 Å². The average Bonchev–Trinajstić information content (AvgIpc) is 2.74. The van der Waals surface area contributed by atoms with E-state index >= 15 is 0 Å². The van der Waals surface area contributed by atoms with Crippen LogP contribution in [0.2, 0.25) is 0 Å². The summed E-state index contributed by atoms with van der Waals surface area (Å²) in [5.74, 6) is 3.08. The molecule has 2 unspecified atom stereocenters. The van der Waals surface area contributed by atoms with E-state index in [1.54, 1.807) is 6.42 Å². The van der Waals surface area contributed by atoms with Gasteiger partial charge >= 0.3 is 0 Å². The van der Waals surface area contributed by atoms with Crippen LogP contribution in [0.3, 0.4) is 0 Å². The van der Waals surface area contributed by atoms with E-state index in [1.165, 1.54) is 64.3 Å². The molecule has 0 radical (unpaired) electrons. The highest BCUT2D eigenvalue weighted by atomic mass is 14.9. The molecular formula is C17H33N. The molecule has 1 N–H and O–H groups in total. The lowest BCUT2D eigenvalue weighted by Crippen LogP contribution is -2.32. The second-order valence-electron chi connectivity index (χ2n) is 7.11. The second-order valence-corrected chi connectivity index (χ2v) is 7.11. The third-order valence-corrected chi connectivity index (χ3v) is 5.22. The fourth-order valence-corrected chi connectivity index (χ4v) is 4.10. The van der Waals surface area contributed by atoms with Gasteiger partial charge in [0.15, 0.2) is 0 Å². The third kappa shape index (κ3) is 4.57. The smallest absolute Gasteiger partial charge is 0.00104 e. The molecule has 1 nitrogen and oxygen atoms in total. The van der Waals surface area contributed by atoms with Crippen LogP contribution < -0.4 is 5.32 Å². The van der Waals surface area contributed by atoms with Crippen molar-refractivity contribution in [3.05, 3.63) is 0 Å². The molecule has 1 heteroatoms. The number of rotatable bonds is 5. The Morgan fingerprint density at radius 1 is 0.833 bits per heavy atom. The molecule has 0 aliphatic heterocycles. The largest absolute Gasteiger partial charge is 0.314 e. The van der Waals surface area contributed by atoms with Gasteiger partial charge in [0.2, 0.25) is 0 Å². The van der Waals surface area contributed by atoms with E-state index in [2.05, 4.69) is 19.2 Å². The van der Waals surface area contributed by atoms with Crippen molar-refractivity contribution in [2.75, 3.05) is 6.54 Å². The monoisotopic (exact) mass is 251 g/mol. The zero-order valence-electron chi connectivity index (χ0n) is 12.6. The van der Waals surface area contributed by atoms with Crippen LogP contribution in [0.4, 0.5) is 0 Å². The van der Waals surface area contributed by atoms with E-state index < -0.39 is 0 Å². The number of hydrogen-bond acceptors (Lipinski definition) is 1. The van der Waals surface area contributed by atoms with Crippen molar-refractivity contribution in [2.45, 2.75) is 84.1 Å². The lowest BCUT2D eigenvalue weighted by molar-refractivity contribution is 0.242. The zero-order valence-corrected chi connectivity index (χ0v) is 12.6. The molecule has 0 aromatic rings. The van der Waals surface area contributed by atoms with E-state index in [4.69, 9.17) is 0 Å². The Balaban J connectivity index is 1.84. The first-order valence-electron chi connectivity index (χ1n) is 8.49. The molecule has 0 bridgehead atoms. The van der Waals surface area contributed by atoms with Gasteiger partial charge in [-0.2, -0.15) is 0 Å². The molecular weight excluding hydrogens is 218 g/mol. The van der Waals surface area contributed by atoms with Gasteiger partial charge in [-0.3, -0.25) is 0 Å². The van der Waals surface area contributed by atoms with Gasteiger partial charge in [0.25, 0.3) is 0 Å². The summed E-state index contributed by atoms with van der Waals surface area (Å²) in [4.78, 5) is 0. The molecule has 2 atom stereocenters. The minimum absolute atomic E-state index is 0.653. The van der Waals surface area contributed by atoms with Crippen molar-refractivity contribution in [1.29, 1.82) is 0 Å². The van der Waals surface area contributed by atoms with Crippen molar-refractivity contribution < 1.29 is 0 Å². The Morgan fingerprint density at radius 3 is 2.11 bits per heavy atom. The molecule has 18 heavy (non-hydrogen) atoms. The van der Waals surface area contributed by atoms with Gasteiger partial charge in [0, 0.05) is 6.04 Å². The Morgan fingerprint density at radius 2 is 1.44 bits per heavy atom. The molecule has 2 fully saturated rings. The first-order valence-corrected chi connectivity index (χ1v) is 8.49. The van der Waals surface area contributed by atoms with Crippen molar-refractivity contribution in [2.24, 2.45) is 17.8 Å². The van der Waals surface area contributed by atoms with E-state index in [-0.39, 0.29) is 0 Å². The SMILES string of the molecule is CC(C)NCC1CCCCCC1CC1CCCC1. The summed E-state index contributed by atoms with van der Waals surface area (Å²) in [5, 5.41) is 3.70. The first kappa shape index (κ1) is 14.4. The van der Waals surface area contributed by atoms with Crippen LogP contribution in [0.5, 0.6) is 0 Å². The van der Waals surface area contributed by atoms with Gasteiger partial charge in [-0.1, -0.05) is 65.2 Å². The van der Waals surface area contributed by atoms with E-state index in [1.807, 2.05) is 0 Å². The highest BCUT2D eigenvalue weighted by molar-refractivity contribution is 4.80. The maximum absolute atomic E-state index is 3.70. The Hall–Kier alpha value is -0.0400. The minimum atomic E-state index is 0.653. The molecule has 2 aliphatic rings. The van der Waals surface area contributed by atoms with Crippen molar-refractivity contribution in [3.8, 4) is 0 Å². The summed E-state index contributed by atoms with van der Waals surface area (Å²) in [6, 6.07) is 0.653. The minimum Gasteiger partial charge on any atom is -0.314 e. The molecule has 0 heterocycles. The first-order chi connectivity index (χ1) is 8.75. The normalized spacial score (nSPS) is 30.8. The summed E-state index contributed by atoms with van der Waals surface area (Å²) in [6.45, 7) is 5.83. The molecule has 2 rings (SSSR count). The van der Waals surface area contributed by atoms with Gasteiger partial charge in [-0.05, 0) is 37.1 Å². The van der Waals surface area contributed by atoms with Crippen LogP contribution in [-0.4, -0.2) is 12.6 Å². The Kier molecular flexibility index (Phi) is 6.01. The van der Waals surface area contributed by atoms with Crippen molar-refractivity contribution >= 4 is 0 Å². The Bertz CT molecular complexity index is 218. The summed E-state index contributed by atoms with van der Waals surface area (Å²) in [6.07, 6.45) is 15.1. The molecule has 2 aliphatic carbocycles. The van der Waals surface area contributed by atoms with Crippen molar-refractivity contribution in [3.63, 3.8) is 0 Å². The summed E-state index contributed by atoms with van der Waals surface area (Å²) in [5.41, 5.74) is 0. The van der Waals surface area contributed by atoms with Gasteiger partial charge in [-0.15, -0.1) is 0 Å². The fourth-order valence-electron chi connectivity index (χ4n) is 4.10. The number of hydrogen-bond donors (Lipinski definition) is 1. The lowest BCUT2D eigenvalue weighted by atomic mass is 9.80. The highest BCUT2D eigenvalue weighted by Gasteiger charge is 2.27. The van der Waals surface area contributed by atoms with Crippen LogP contribution in [-0.2, 0) is 0 Å². The van der Waals surface area contributed by atoms with Crippen LogP contribution in [0.15, 0.2) is 0 Å². The second kappa shape index (κ2) is 7.53. The summed E-state index contributed by atoms with van der Waals surface area (Å²) >= 11 is 0. The summed E-state index contributed by atoms with van der Waals surface area (Å²) in [7, 11) is 0. The number of nitrogens with one attached hydrogen (secondary N) is 1. The predicted octanol–water partition coefficient (Wildman–Crippen LogP) is 4.76. The fraction of sp³-hybridized carbons (Fsp3) is 1.00. The summed E-state index contributed by atoms with van der Waals surface area (Å²) < 4.78 is 0. The quantitative estimate of drug-likeness (QED) is 0.695. The van der Waals surface area contributed by atoms with E-state index in [0.717, 1.165) is 17.8 Å². The van der Waals surface area contributed by atoms with Gasteiger partial charge in [-0.25, -0.2) is 0 Å². The molecule has 106 valence electrons. The standard InChI is InChI=1S/C17H33N/c1-14(2)18-13-17-11-5-3-4-10-16(17)12-15-8-6-7-9-15/h14-18H,3-13H2,1-2H3. The molecule has 0 amide bonds. The van der Waals surface area contributed by atoms with E-state index in [0.29, 0.717) is 6.04 Å². The lowest BCUT2D eigenvalue weighted by Gasteiger charge is -2.28. The topological polar surface area (TPSA) is 12.0 Å². The van der Waals surface area contributed by atoms with Gasteiger partial charge in [0.1, 0.15) is 0 Å². The maximum Gasteiger partial charge on any atom is 0.00104 e. The Labute approximate surface area is 114 Å². The molecule has 0 aromatic heterocycles.